The SMILES string of the molecule is Cc1cc(C(=O)OC(C(N)=O)c2ccccc2)ccc1N1CCNC1=O. The molecule has 134 valence electrons. The number of primary amides is 1. The zero-order valence-electron chi connectivity index (χ0n) is 14.3. The van der Waals surface area contributed by atoms with E-state index in [0.29, 0.717) is 18.7 Å². The smallest absolute Gasteiger partial charge is 0.339 e. The summed E-state index contributed by atoms with van der Waals surface area (Å²) in [4.78, 5) is 37.6. The van der Waals surface area contributed by atoms with Gasteiger partial charge in [-0.05, 0) is 30.7 Å². The van der Waals surface area contributed by atoms with Gasteiger partial charge in [0.15, 0.2) is 0 Å². The van der Waals surface area contributed by atoms with Crippen molar-refractivity contribution in [3.05, 3.63) is 65.2 Å². The molecular weight excluding hydrogens is 334 g/mol. The van der Waals surface area contributed by atoms with E-state index in [1.54, 1.807) is 60.4 Å². The molecule has 26 heavy (non-hydrogen) atoms. The first-order valence-electron chi connectivity index (χ1n) is 8.18. The molecule has 1 atom stereocenters. The van der Waals surface area contributed by atoms with Crippen LogP contribution in [0.3, 0.4) is 0 Å². The topological polar surface area (TPSA) is 102 Å². The van der Waals surface area contributed by atoms with Crippen LogP contribution in [0.15, 0.2) is 48.5 Å². The number of esters is 1. The number of urea groups is 1. The fourth-order valence-corrected chi connectivity index (χ4v) is 2.88. The van der Waals surface area contributed by atoms with E-state index in [1.165, 1.54) is 0 Å². The van der Waals surface area contributed by atoms with E-state index in [9.17, 15) is 14.4 Å². The molecule has 3 N–H and O–H groups in total. The lowest BCUT2D eigenvalue weighted by atomic mass is 10.1. The van der Waals surface area contributed by atoms with Crippen LogP contribution in [0.2, 0.25) is 0 Å². The lowest BCUT2D eigenvalue weighted by molar-refractivity contribution is -0.127. The fraction of sp³-hybridized carbons (Fsp3) is 0.211. The number of benzene rings is 2. The molecule has 1 aliphatic heterocycles. The molecule has 1 unspecified atom stereocenters. The van der Waals surface area contributed by atoms with E-state index in [1.807, 2.05) is 0 Å². The summed E-state index contributed by atoms with van der Waals surface area (Å²) in [5.74, 6) is -1.40. The van der Waals surface area contributed by atoms with Crippen molar-refractivity contribution in [2.75, 3.05) is 18.0 Å². The molecule has 1 fully saturated rings. The van der Waals surface area contributed by atoms with Crippen LogP contribution in [0.4, 0.5) is 10.5 Å². The third-order valence-electron chi connectivity index (χ3n) is 4.17. The maximum Gasteiger partial charge on any atom is 0.339 e. The van der Waals surface area contributed by atoms with Crippen molar-refractivity contribution in [3.63, 3.8) is 0 Å². The molecule has 7 heteroatoms. The Morgan fingerprint density at radius 3 is 2.50 bits per heavy atom. The number of nitrogens with one attached hydrogen (secondary N) is 1. The molecule has 1 aliphatic rings. The van der Waals surface area contributed by atoms with Gasteiger partial charge in [-0.2, -0.15) is 0 Å². The van der Waals surface area contributed by atoms with Crippen molar-refractivity contribution in [1.82, 2.24) is 5.32 Å². The number of rotatable bonds is 5. The van der Waals surface area contributed by atoms with Crippen LogP contribution in [0.5, 0.6) is 0 Å². The lowest BCUT2D eigenvalue weighted by Crippen LogP contribution is -2.28. The molecule has 0 aromatic heterocycles. The number of nitrogens with zero attached hydrogens (tertiary/aromatic N) is 1. The van der Waals surface area contributed by atoms with Gasteiger partial charge in [0.25, 0.3) is 5.91 Å². The van der Waals surface area contributed by atoms with Gasteiger partial charge in [0.2, 0.25) is 6.10 Å². The number of nitrogens with two attached hydrogens (primary N) is 1. The molecule has 3 amide bonds. The summed E-state index contributed by atoms with van der Waals surface area (Å²) in [5.41, 5.74) is 7.66. The van der Waals surface area contributed by atoms with Gasteiger partial charge in [0, 0.05) is 24.3 Å². The van der Waals surface area contributed by atoms with Gasteiger partial charge >= 0.3 is 12.0 Å². The Balaban J connectivity index is 1.80. The minimum absolute atomic E-state index is 0.165. The summed E-state index contributed by atoms with van der Waals surface area (Å²) in [6.07, 6.45) is -1.16. The number of amides is 3. The zero-order valence-corrected chi connectivity index (χ0v) is 14.3. The van der Waals surface area contributed by atoms with Crippen LogP contribution < -0.4 is 16.0 Å². The zero-order chi connectivity index (χ0) is 18.7. The first-order valence-corrected chi connectivity index (χ1v) is 8.18. The van der Waals surface area contributed by atoms with Crippen molar-refractivity contribution >= 4 is 23.6 Å². The van der Waals surface area contributed by atoms with Crippen molar-refractivity contribution in [3.8, 4) is 0 Å². The van der Waals surface area contributed by atoms with Crippen LogP contribution in [-0.2, 0) is 9.53 Å². The highest BCUT2D eigenvalue weighted by molar-refractivity contribution is 5.97. The second-order valence-corrected chi connectivity index (χ2v) is 5.98. The molecule has 2 aromatic rings. The number of ether oxygens (including phenoxy) is 1. The predicted molar refractivity (Wildman–Crippen MR) is 95.7 cm³/mol. The largest absolute Gasteiger partial charge is 0.444 e. The number of carbonyl (C=O) groups excluding carboxylic acids is 3. The van der Waals surface area contributed by atoms with Gasteiger partial charge in [0.1, 0.15) is 0 Å². The van der Waals surface area contributed by atoms with Gasteiger partial charge in [-0.3, -0.25) is 9.69 Å². The first-order chi connectivity index (χ1) is 12.5. The van der Waals surface area contributed by atoms with E-state index >= 15 is 0 Å². The van der Waals surface area contributed by atoms with Gasteiger partial charge in [-0.1, -0.05) is 30.3 Å². The van der Waals surface area contributed by atoms with Crippen molar-refractivity contribution in [2.24, 2.45) is 5.73 Å². The Morgan fingerprint density at radius 2 is 1.92 bits per heavy atom. The molecular formula is C19H19N3O4. The van der Waals surface area contributed by atoms with E-state index < -0.39 is 18.0 Å². The molecule has 2 aromatic carbocycles. The van der Waals surface area contributed by atoms with Crippen LogP contribution >= 0.6 is 0 Å². The monoisotopic (exact) mass is 353 g/mol. The molecule has 0 saturated carbocycles. The predicted octanol–water partition coefficient (Wildman–Crippen LogP) is 1.91. The van der Waals surface area contributed by atoms with Gasteiger partial charge in [-0.25, -0.2) is 9.59 Å². The summed E-state index contributed by atoms with van der Waals surface area (Å²) >= 11 is 0. The molecule has 1 saturated heterocycles. The van der Waals surface area contributed by atoms with Gasteiger partial charge < -0.3 is 15.8 Å². The highest BCUT2D eigenvalue weighted by Gasteiger charge is 2.25. The molecule has 3 rings (SSSR count). The number of carbonyl (C=O) groups is 3. The Kier molecular flexibility index (Phi) is 4.88. The molecule has 7 nitrogen and oxygen atoms in total. The van der Waals surface area contributed by atoms with Gasteiger partial charge in [-0.15, -0.1) is 0 Å². The average Bonchev–Trinajstić information content (AvgIpc) is 3.05. The number of aryl methyl sites for hydroxylation is 1. The number of anilines is 1. The van der Waals surface area contributed by atoms with E-state index in [0.717, 1.165) is 11.3 Å². The Hall–Kier alpha value is -3.35. The summed E-state index contributed by atoms with van der Waals surface area (Å²) in [5, 5.41) is 2.73. The van der Waals surface area contributed by atoms with E-state index in [2.05, 4.69) is 5.32 Å². The third kappa shape index (κ3) is 3.51. The molecule has 0 spiro atoms. The molecule has 0 aliphatic carbocycles. The highest BCUT2D eigenvalue weighted by Crippen LogP contribution is 2.25. The normalized spacial score (nSPS) is 14.7. The fourth-order valence-electron chi connectivity index (χ4n) is 2.88. The maximum absolute atomic E-state index is 12.5. The summed E-state index contributed by atoms with van der Waals surface area (Å²) < 4.78 is 5.32. The van der Waals surface area contributed by atoms with Crippen LogP contribution in [0, 0.1) is 6.92 Å². The third-order valence-corrected chi connectivity index (χ3v) is 4.17. The van der Waals surface area contributed by atoms with Crippen molar-refractivity contribution in [2.45, 2.75) is 13.0 Å². The average molecular weight is 353 g/mol. The van der Waals surface area contributed by atoms with E-state index in [-0.39, 0.29) is 11.6 Å². The summed E-state index contributed by atoms with van der Waals surface area (Å²) in [7, 11) is 0. The molecule has 0 radical (unpaired) electrons. The van der Waals surface area contributed by atoms with Crippen molar-refractivity contribution < 1.29 is 19.1 Å². The Morgan fingerprint density at radius 1 is 1.19 bits per heavy atom. The van der Waals surface area contributed by atoms with Crippen LogP contribution in [0.1, 0.15) is 27.6 Å². The Labute approximate surface area is 150 Å². The van der Waals surface area contributed by atoms with E-state index in [4.69, 9.17) is 10.5 Å². The summed E-state index contributed by atoms with van der Waals surface area (Å²) in [6, 6.07) is 13.3. The minimum Gasteiger partial charge on any atom is -0.444 e. The standard InChI is InChI=1S/C19H19N3O4/c1-12-11-14(7-8-15(12)22-10-9-21-19(22)25)18(24)26-16(17(20)23)13-5-3-2-4-6-13/h2-8,11,16H,9-10H2,1H3,(H2,20,23)(H,21,25). The minimum atomic E-state index is -1.16. The van der Waals surface area contributed by atoms with Crippen molar-refractivity contribution in [1.29, 1.82) is 0 Å². The summed E-state index contributed by atoms with van der Waals surface area (Å²) in [6.45, 7) is 2.96. The molecule has 1 heterocycles. The number of hydrogen-bond donors (Lipinski definition) is 2. The second kappa shape index (κ2) is 7.26. The number of hydrogen-bond acceptors (Lipinski definition) is 4. The quantitative estimate of drug-likeness (QED) is 0.802. The first kappa shape index (κ1) is 17.5. The van der Waals surface area contributed by atoms with Crippen LogP contribution in [0.25, 0.3) is 0 Å². The van der Waals surface area contributed by atoms with Crippen LogP contribution in [-0.4, -0.2) is 31.0 Å². The second-order valence-electron chi connectivity index (χ2n) is 5.98. The molecule has 0 bridgehead atoms. The Bertz CT molecular complexity index is 851. The highest BCUT2D eigenvalue weighted by atomic mass is 16.5. The lowest BCUT2D eigenvalue weighted by Gasteiger charge is -2.18. The van der Waals surface area contributed by atoms with Gasteiger partial charge in [0.05, 0.1) is 5.56 Å². The maximum atomic E-state index is 12.5.